The Morgan fingerprint density at radius 2 is 1.75 bits per heavy atom. The van der Waals surface area contributed by atoms with Gasteiger partial charge in [0.25, 0.3) is 5.91 Å². The minimum absolute atomic E-state index is 0.167. The van der Waals surface area contributed by atoms with Crippen molar-refractivity contribution in [1.82, 2.24) is 19.6 Å². The number of halogens is 1. The second kappa shape index (κ2) is 9.37. The molecule has 0 aliphatic carbocycles. The second-order valence-electron chi connectivity index (χ2n) is 6.21. The molecule has 3 rings (SSSR count). The Morgan fingerprint density at radius 3 is 2.39 bits per heavy atom. The molecule has 0 unspecified atom stereocenters. The third-order valence-electron chi connectivity index (χ3n) is 4.26. The van der Waals surface area contributed by atoms with Crippen LogP contribution in [0.3, 0.4) is 0 Å². The lowest BCUT2D eigenvalue weighted by molar-refractivity contribution is -0.122. The first-order valence-corrected chi connectivity index (χ1v) is 10.9. The molecular weight excluding hydrogens is 446 g/mol. The van der Waals surface area contributed by atoms with Crippen LogP contribution in [-0.2, 0) is 14.8 Å². The van der Waals surface area contributed by atoms with Gasteiger partial charge in [0.15, 0.2) is 0 Å². The molecule has 1 aliphatic heterocycles. The summed E-state index contributed by atoms with van der Waals surface area (Å²) in [5.74, 6) is -0.241. The number of nitrogens with one attached hydrogen (secondary N) is 1. The number of piperazine rings is 1. The van der Waals surface area contributed by atoms with E-state index in [0.717, 1.165) is 10.0 Å². The number of pyridine rings is 1. The maximum Gasteiger partial charge on any atom is 0.254 e. The highest BCUT2D eigenvalue weighted by molar-refractivity contribution is 9.10. The molecule has 10 heteroatoms. The zero-order chi connectivity index (χ0) is 20.0. The molecule has 2 aromatic rings. The van der Waals surface area contributed by atoms with E-state index in [2.05, 4.69) is 31.4 Å². The summed E-state index contributed by atoms with van der Waals surface area (Å²) in [7, 11) is -3.52. The van der Waals surface area contributed by atoms with E-state index >= 15 is 0 Å². The number of hydrogen-bond acceptors (Lipinski definition) is 6. The molecule has 1 fully saturated rings. The minimum atomic E-state index is -3.52. The van der Waals surface area contributed by atoms with Crippen molar-refractivity contribution < 1.29 is 13.2 Å². The van der Waals surface area contributed by atoms with Crippen LogP contribution in [0.2, 0.25) is 0 Å². The van der Waals surface area contributed by atoms with Crippen LogP contribution in [0, 0.1) is 0 Å². The zero-order valence-electron chi connectivity index (χ0n) is 15.0. The highest BCUT2D eigenvalue weighted by Crippen LogP contribution is 2.20. The lowest BCUT2D eigenvalue weighted by Crippen LogP contribution is -2.50. The van der Waals surface area contributed by atoms with Crippen LogP contribution < -0.4 is 5.43 Å². The van der Waals surface area contributed by atoms with Crippen molar-refractivity contribution in [2.75, 3.05) is 32.7 Å². The number of nitrogens with zero attached hydrogens (tertiary/aromatic N) is 4. The molecule has 0 saturated carbocycles. The van der Waals surface area contributed by atoms with Gasteiger partial charge in [-0.05, 0) is 42.0 Å². The van der Waals surface area contributed by atoms with Crippen LogP contribution >= 0.6 is 15.9 Å². The van der Waals surface area contributed by atoms with Crippen molar-refractivity contribution in [3.05, 3.63) is 58.8 Å². The van der Waals surface area contributed by atoms with Gasteiger partial charge in [0.05, 0.1) is 17.7 Å². The Morgan fingerprint density at radius 1 is 1.11 bits per heavy atom. The monoisotopic (exact) mass is 465 g/mol. The topological polar surface area (TPSA) is 95.0 Å². The van der Waals surface area contributed by atoms with Crippen molar-refractivity contribution in [2.45, 2.75) is 4.90 Å². The molecule has 0 spiro atoms. The van der Waals surface area contributed by atoms with E-state index in [4.69, 9.17) is 0 Å². The predicted octanol–water partition coefficient (Wildman–Crippen LogP) is 1.30. The maximum atomic E-state index is 12.7. The van der Waals surface area contributed by atoms with E-state index in [0.29, 0.717) is 26.2 Å². The summed E-state index contributed by atoms with van der Waals surface area (Å²) in [6, 6.07) is 10.1. The molecule has 148 valence electrons. The summed E-state index contributed by atoms with van der Waals surface area (Å²) < 4.78 is 27.7. The standard InChI is InChI=1S/C18H20BrN5O3S/c19-16-1-3-17(4-2-16)28(26,27)24-11-9-23(10-12-24)14-18(25)22-21-13-15-5-7-20-8-6-15/h1-8,13H,9-12,14H2,(H,22,25)/b21-13-. The number of carbonyl (C=O) groups is 1. The van der Waals surface area contributed by atoms with Gasteiger partial charge in [0.2, 0.25) is 10.0 Å². The van der Waals surface area contributed by atoms with Gasteiger partial charge in [-0.3, -0.25) is 14.7 Å². The molecule has 8 nitrogen and oxygen atoms in total. The van der Waals surface area contributed by atoms with Crippen molar-refractivity contribution in [2.24, 2.45) is 5.10 Å². The first-order chi connectivity index (χ1) is 13.4. The Balaban J connectivity index is 1.48. The maximum absolute atomic E-state index is 12.7. The van der Waals surface area contributed by atoms with Crippen LogP contribution in [0.1, 0.15) is 5.56 Å². The normalized spacial score (nSPS) is 16.3. The molecule has 1 N–H and O–H groups in total. The Labute approximate surface area is 172 Å². The van der Waals surface area contributed by atoms with Crippen molar-refractivity contribution in [3.8, 4) is 0 Å². The number of carbonyl (C=O) groups excluding carboxylic acids is 1. The van der Waals surface area contributed by atoms with E-state index in [1.54, 1.807) is 55.0 Å². The first kappa shape index (κ1) is 20.6. The lowest BCUT2D eigenvalue weighted by Gasteiger charge is -2.33. The van der Waals surface area contributed by atoms with E-state index in [1.165, 1.54) is 4.31 Å². The van der Waals surface area contributed by atoms with Gasteiger partial charge in [0, 0.05) is 43.0 Å². The molecule has 0 bridgehead atoms. The van der Waals surface area contributed by atoms with Gasteiger partial charge >= 0.3 is 0 Å². The van der Waals surface area contributed by atoms with Crippen molar-refractivity contribution in [3.63, 3.8) is 0 Å². The van der Waals surface area contributed by atoms with Crippen LogP contribution in [0.15, 0.2) is 63.3 Å². The number of hydrazone groups is 1. The molecule has 1 aliphatic rings. The number of hydrogen-bond donors (Lipinski definition) is 1. The van der Waals surface area contributed by atoms with E-state index in [1.807, 2.05) is 4.90 Å². The number of amides is 1. The SMILES string of the molecule is O=C(CN1CCN(S(=O)(=O)c2ccc(Br)cc2)CC1)N/N=C\c1ccncc1. The predicted molar refractivity (Wildman–Crippen MR) is 109 cm³/mol. The van der Waals surface area contributed by atoms with Gasteiger partial charge in [-0.15, -0.1) is 0 Å². The summed E-state index contributed by atoms with van der Waals surface area (Å²) >= 11 is 3.30. The van der Waals surface area contributed by atoms with Crippen molar-refractivity contribution in [1.29, 1.82) is 0 Å². The van der Waals surface area contributed by atoms with E-state index < -0.39 is 10.0 Å². The van der Waals surface area contributed by atoms with Crippen LogP contribution in [0.5, 0.6) is 0 Å². The van der Waals surface area contributed by atoms with Crippen molar-refractivity contribution >= 4 is 38.1 Å². The van der Waals surface area contributed by atoms with Gasteiger partial charge < -0.3 is 0 Å². The Bertz CT molecular complexity index is 927. The molecule has 2 heterocycles. The van der Waals surface area contributed by atoms with Crippen LogP contribution in [-0.4, -0.2) is 67.5 Å². The Kier molecular flexibility index (Phi) is 6.89. The summed E-state index contributed by atoms with van der Waals surface area (Å²) in [4.78, 5) is 18.1. The second-order valence-corrected chi connectivity index (χ2v) is 9.06. The van der Waals surface area contributed by atoms with Gasteiger partial charge in [0.1, 0.15) is 0 Å². The van der Waals surface area contributed by atoms with Gasteiger partial charge in [-0.25, -0.2) is 13.8 Å². The third kappa shape index (κ3) is 5.44. The smallest absolute Gasteiger partial charge is 0.254 e. The average Bonchev–Trinajstić information content (AvgIpc) is 2.69. The fourth-order valence-corrected chi connectivity index (χ4v) is 4.44. The minimum Gasteiger partial charge on any atom is -0.292 e. The highest BCUT2D eigenvalue weighted by Gasteiger charge is 2.28. The Hall–Kier alpha value is -2.14. The van der Waals surface area contributed by atoms with Gasteiger partial charge in [-0.2, -0.15) is 9.41 Å². The molecule has 1 aromatic carbocycles. The molecule has 28 heavy (non-hydrogen) atoms. The van der Waals surface area contributed by atoms with Crippen LogP contribution in [0.25, 0.3) is 0 Å². The quantitative estimate of drug-likeness (QED) is 0.512. The number of benzene rings is 1. The van der Waals surface area contributed by atoms with E-state index in [-0.39, 0.29) is 17.3 Å². The summed E-state index contributed by atoms with van der Waals surface area (Å²) in [6.45, 7) is 1.81. The molecule has 1 aromatic heterocycles. The first-order valence-electron chi connectivity index (χ1n) is 8.65. The molecule has 1 saturated heterocycles. The van der Waals surface area contributed by atoms with Gasteiger partial charge in [-0.1, -0.05) is 15.9 Å². The highest BCUT2D eigenvalue weighted by atomic mass is 79.9. The largest absolute Gasteiger partial charge is 0.292 e. The molecule has 0 radical (unpaired) electrons. The molecule has 0 atom stereocenters. The summed E-state index contributed by atoms with van der Waals surface area (Å²) in [5, 5.41) is 3.92. The fraction of sp³-hybridized carbons (Fsp3) is 0.278. The molecular formula is C18H20BrN5O3S. The number of aromatic nitrogens is 1. The lowest BCUT2D eigenvalue weighted by atomic mass is 10.3. The summed E-state index contributed by atoms with van der Waals surface area (Å²) in [5.41, 5.74) is 3.32. The average molecular weight is 466 g/mol. The van der Waals surface area contributed by atoms with E-state index in [9.17, 15) is 13.2 Å². The molecule has 1 amide bonds. The number of sulfonamides is 1. The third-order valence-corrected chi connectivity index (χ3v) is 6.70. The fourth-order valence-electron chi connectivity index (χ4n) is 2.75. The van der Waals surface area contributed by atoms with Crippen LogP contribution in [0.4, 0.5) is 0 Å². The number of rotatable bonds is 6. The zero-order valence-corrected chi connectivity index (χ0v) is 17.4. The summed E-state index contributed by atoms with van der Waals surface area (Å²) in [6.07, 6.45) is 4.83.